The van der Waals surface area contributed by atoms with Gasteiger partial charge in [-0.05, 0) is 0 Å². The molecule has 1 aromatic heterocycles. The van der Waals surface area contributed by atoms with Gasteiger partial charge in [0.2, 0.25) is 5.10 Å². The second-order valence-electron chi connectivity index (χ2n) is 1.19. The van der Waals surface area contributed by atoms with Crippen molar-refractivity contribution in [2.75, 3.05) is 0 Å². The molecule has 0 aliphatic heterocycles. The van der Waals surface area contributed by atoms with Gasteiger partial charge in [-0.3, -0.25) is 0 Å². The summed E-state index contributed by atoms with van der Waals surface area (Å²) >= 11 is 0. The Balaban J connectivity index is 0.000000640. The molecule has 0 fully saturated rings. The van der Waals surface area contributed by atoms with Crippen LogP contribution in [0.25, 0.3) is 0 Å². The van der Waals surface area contributed by atoms with E-state index >= 15 is 0 Å². The van der Waals surface area contributed by atoms with Crippen LogP contribution in [0.2, 0.25) is 0 Å². The third-order valence-corrected chi connectivity index (χ3v) is 0.620. The van der Waals surface area contributed by atoms with E-state index in [0.717, 1.165) is 18.7 Å². The highest BCUT2D eigenvalue weighted by molar-refractivity contribution is 8.93. The molecule has 5 nitrogen and oxygen atoms in total. The van der Waals surface area contributed by atoms with Gasteiger partial charge in [-0.2, -0.15) is 0 Å². The van der Waals surface area contributed by atoms with Gasteiger partial charge in [0.05, 0.1) is 0 Å². The van der Waals surface area contributed by atoms with E-state index in [2.05, 4.69) is 5.10 Å². The van der Waals surface area contributed by atoms with E-state index in [1.165, 1.54) is 0 Å². The normalized spacial score (nSPS) is 8.00. The first kappa shape index (κ1) is 8.09. The zero-order valence-corrected chi connectivity index (χ0v) is 6.01. The van der Waals surface area contributed by atoms with E-state index < -0.39 is 0 Å². The highest BCUT2D eigenvalue weighted by Gasteiger charge is 1.92. The number of nitrogens with zero attached hydrogens (tertiary/aromatic N) is 3. The summed E-state index contributed by atoms with van der Waals surface area (Å²) in [7, 11) is 0. The third kappa shape index (κ3) is 2.22. The van der Waals surface area contributed by atoms with Gasteiger partial charge in [0.15, 0.2) is 6.20 Å². The van der Waals surface area contributed by atoms with Crippen LogP contribution >= 0.6 is 17.0 Å². The Hall–Kier alpha value is -0.910. The van der Waals surface area contributed by atoms with Gasteiger partial charge in [0.25, 0.3) is 6.20 Å². The van der Waals surface area contributed by atoms with Crippen LogP contribution in [0.15, 0.2) is 18.7 Å². The van der Waals surface area contributed by atoms with Gasteiger partial charge in [-0.25, -0.2) is 4.73 Å². The molecule has 0 radical (unpaired) electrons. The van der Waals surface area contributed by atoms with E-state index in [1.807, 2.05) is 0 Å². The fourth-order valence-corrected chi connectivity index (χ4v) is 0.302. The Labute approximate surface area is 61.5 Å². The molecular weight excluding hydrogens is 190 g/mol. The first-order chi connectivity index (χ1) is 3.79. The lowest BCUT2D eigenvalue weighted by atomic mass is 10.9. The molecule has 0 aliphatic carbocycles. The van der Waals surface area contributed by atoms with Crippen molar-refractivity contribution in [1.29, 1.82) is 0 Å². The standard InChI is InChI=1S/C3H3N3O2.BrH/c7-5-1-2-6(8)4-3-5;/h1-3H;1H. The molecule has 0 unspecified atom stereocenters. The van der Waals surface area contributed by atoms with Gasteiger partial charge in [-0.15, -0.1) is 17.0 Å². The molecule has 0 aromatic carbocycles. The minimum absolute atomic E-state index is 0. The molecular formula is C3H4BrN3O2. The van der Waals surface area contributed by atoms with Crippen molar-refractivity contribution in [3.05, 3.63) is 29.1 Å². The Kier molecular flexibility index (Phi) is 2.86. The molecule has 9 heavy (non-hydrogen) atoms. The quantitative estimate of drug-likeness (QED) is 0.390. The topological polar surface area (TPSA) is 66.8 Å². The lowest BCUT2D eigenvalue weighted by molar-refractivity contribution is -0.713. The number of hydrogen-bond acceptors (Lipinski definition) is 3. The molecule has 0 spiro atoms. The molecule has 0 amide bonds. The largest absolute Gasteiger partial charge is 0.711 e. The maximum absolute atomic E-state index is 10.1. The molecule has 0 saturated carbocycles. The van der Waals surface area contributed by atoms with Crippen molar-refractivity contribution < 1.29 is 9.58 Å². The van der Waals surface area contributed by atoms with Crippen molar-refractivity contribution in [2.45, 2.75) is 0 Å². The van der Waals surface area contributed by atoms with Crippen LogP contribution in [0.4, 0.5) is 0 Å². The summed E-state index contributed by atoms with van der Waals surface area (Å²) in [6.45, 7) is 0. The average Bonchev–Trinajstić information content (AvgIpc) is 1.77. The minimum Gasteiger partial charge on any atom is -0.711 e. The molecule has 50 valence electrons. The van der Waals surface area contributed by atoms with E-state index in [-0.39, 0.29) is 17.0 Å². The molecule has 1 heterocycles. The Morgan fingerprint density at radius 1 is 1.22 bits per heavy atom. The van der Waals surface area contributed by atoms with Crippen LogP contribution in [0.5, 0.6) is 0 Å². The predicted molar refractivity (Wildman–Crippen MR) is 32.5 cm³/mol. The molecule has 6 heteroatoms. The van der Waals surface area contributed by atoms with Crippen molar-refractivity contribution >= 4 is 17.0 Å². The zero-order chi connectivity index (χ0) is 5.98. The Morgan fingerprint density at radius 2 is 1.89 bits per heavy atom. The molecule has 1 aromatic rings. The molecule has 0 atom stereocenters. The van der Waals surface area contributed by atoms with Crippen molar-refractivity contribution in [3.63, 3.8) is 0 Å². The summed E-state index contributed by atoms with van der Waals surface area (Å²) in [6, 6.07) is 0. The van der Waals surface area contributed by atoms with Crippen molar-refractivity contribution in [1.82, 2.24) is 5.10 Å². The van der Waals surface area contributed by atoms with Gasteiger partial charge < -0.3 is 10.4 Å². The number of rotatable bonds is 0. The van der Waals surface area contributed by atoms with Crippen LogP contribution < -0.4 is 9.58 Å². The monoisotopic (exact) mass is 193 g/mol. The van der Waals surface area contributed by atoms with E-state index in [1.54, 1.807) is 0 Å². The fraction of sp³-hybridized carbons (Fsp3) is 0. The van der Waals surface area contributed by atoms with Crippen LogP contribution in [0, 0.1) is 10.4 Å². The second-order valence-corrected chi connectivity index (χ2v) is 1.19. The zero-order valence-electron chi connectivity index (χ0n) is 4.30. The summed E-state index contributed by atoms with van der Waals surface area (Å²) in [6.07, 6.45) is 2.97. The SMILES string of the molecule is Br.[O-][n+]1cc[n+]([O-])nc1. The first-order valence-corrected chi connectivity index (χ1v) is 1.93. The van der Waals surface area contributed by atoms with Crippen LogP contribution in [0.1, 0.15) is 0 Å². The maximum Gasteiger partial charge on any atom is 0.365 e. The third-order valence-electron chi connectivity index (χ3n) is 0.620. The van der Waals surface area contributed by atoms with Gasteiger partial charge in [0.1, 0.15) is 0 Å². The van der Waals surface area contributed by atoms with Gasteiger partial charge >= 0.3 is 6.33 Å². The van der Waals surface area contributed by atoms with E-state index in [9.17, 15) is 10.4 Å². The smallest absolute Gasteiger partial charge is 0.365 e. The molecule has 0 N–H and O–H groups in total. The summed E-state index contributed by atoms with van der Waals surface area (Å²) in [5.74, 6) is 0. The highest BCUT2D eigenvalue weighted by atomic mass is 79.9. The number of aromatic nitrogens is 3. The molecule has 0 aliphatic rings. The number of hydrogen-bond donors (Lipinski definition) is 0. The van der Waals surface area contributed by atoms with Crippen LogP contribution in [0.3, 0.4) is 0 Å². The summed E-state index contributed by atoms with van der Waals surface area (Å²) in [5.41, 5.74) is 0. The van der Waals surface area contributed by atoms with Crippen molar-refractivity contribution in [2.24, 2.45) is 0 Å². The van der Waals surface area contributed by atoms with Gasteiger partial charge in [-0.1, -0.05) is 0 Å². The number of halogens is 1. The highest BCUT2D eigenvalue weighted by Crippen LogP contribution is 1.55. The van der Waals surface area contributed by atoms with E-state index in [0.29, 0.717) is 9.58 Å². The summed E-state index contributed by atoms with van der Waals surface area (Å²) in [5, 5.41) is 23.3. The predicted octanol–water partition coefficient (Wildman–Crippen LogP) is -1.07. The van der Waals surface area contributed by atoms with E-state index in [4.69, 9.17) is 0 Å². The molecule has 0 saturated heterocycles. The van der Waals surface area contributed by atoms with Gasteiger partial charge in [0, 0.05) is 4.85 Å². The first-order valence-electron chi connectivity index (χ1n) is 1.93. The lowest BCUT2D eigenvalue weighted by Crippen LogP contribution is -2.38. The fourth-order valence-electron chi connectivity index (χ4n) is 0.302. The molecule has 0 bridgehead atoms. The van der Waals surface area contributed by atoms with Crippen LogP contribution in [-0.4, -0.2) is 5.10 Å². The van der Waals surface area contributed by atoms with Crippen molar-refractivity contribution in [3.8, 4) is 0 Å². The van der Waals surface area contributed by atoms with Crippen LogP contribution in [-0.2, 0) is 0 Å². The Morgan fingerprint density at radius 3 is 2.22 bits per heavy atom. The molecule has 1 rings (SSSR count). The second kappa shape index (κ2) is 3.18. The summed E-state index contributed by atoms with van der Waals surface area (Å²) in [4.78, 5) is 0.300. The average molecular weight is 194 g/mol. The maximum atomic E-state index is 10.1. The summed E-state index contributed by atoms with van der Waals surface area (Å²) < 4.78 is 0.439. The minimum atomic E-state index is 0. The Bertz CT molecular complexity index is 156. The lowest BCUT2D eigenvalue weighted by Gasteiger charge is -1.92.